The molecule has 2 fully saturated rings. The van der Waals surface area contributed by atoms with Gasteiger partial charge in [0.2, 0.25) is 10.0 Å². The van der Waals surface area contributed by atoms with E-state index in [1.165, 1.54) is 6.42 Å². The van der Waals surface area contributed by atoms with Gasteiger partial charge in [-0.2, -0.15) is 0 Å². The molecule has 0 radical (unpaired) electrons. The summed E-state index contributed by atoms with van der Waals surface area (Å²) in [6.07, 6.45) is 3.45. The Morgan fingerprint density at radius 2 is 2.00 bits per heavy atom. The van der Waals surface area contributed by atoms with E-state index in [1.54, 1.807) is 12.1 Å². The lowest BCUT2D eigenvalue weighted by atomic mass is 9.83. The first-order valence-electron chi connectivity index (χ1n) is 6.68. The molecule has 2 bridgehead atoms. The highest BCUT2D eigenvalue weighted by Crippen LogP contribution is 2.56. The molecule has 1 N–H and O–H groups in total. The monoisotopic (exact) mass is 297 g/mol. The summed E-state index contributed by atoms with van der Waals surface area (Å²) in [5, 5.41) is 0.457. The summed E-state index contributed by atoms with van der Waals surface area (Å²) in [4.78, 5) is 0.372. The molecule has 1 aliphatic carbocycles. The van der Waals surface area contributed by atoms with Crippen molar-refractivity contribution >= 4 is 21.8 Å². The van der Waals surface area contributed by atoms with E-state index in [2.05, 4.69) is 11.6 Å². The van der Waals surface area contributed by atoms with Gasteiger partial charge in [-0.1, -0.05) is 24.1 Å². The zero-order valence-corrected chi connectivity index (χ0v) is 12.9. The number of sulfonamides is 1. The van der Waals surface area contributed by atoms with Crippen molar-refractivity contribution in [2.75, 3.05) is 0 Å². The van der Waals surface area contributed by atoms with Crippen molar-refractivity contribution in [1.29, 1.82) is 0 Å². The fraction of sp³-hybridized carbons (Fsp3) is 0.571. The summed E-state index contributed by atoms with van der Waals surface area (Å²) in [6.45, 7) is 4.13. The van der Waals surface area contributed by atoms with Gasteiger partial charge < -0.3 is 0 Å². The highest BCUT2D eigenvalue weighted by atomic mass is 32.2. The van der Waals surface area contributed by atoms with Gasteiger partial charge in [0.05, 0.1) is 4.90 Å². The largest absolute Gasteiger partial charge is 0.240 e. The fourth-order valence-electron chi connectivity index (χ4n) is 3.06. The third-order valence-corrected chi connectivity index (χ3v) is 7.49. The first kappa shape index (κ1) is 13.5. The Hall–Kier alpha value is -0.520. The lowest BCUT2D eigenvalue weighted by Crippen LogP contribution is -2.65. The zero-order chi connectivity index (χ0) is 13.7. The van der Waals surface area contributed by atoms with E-state index in [0.717, 1.165) is 18.4 Å². The second kappa shape index (κ2) is 4.50. The number of aryl methyl sites for hydroxylation is 1. The van der Waals surface area contributed by atoms with E-state index in [4.69, 9.17) is 0 Å². The van der Waals surface area contributed by atoms with Crippen LogP contribution in [0, 0.1) is 6.92 Å². The molecule has 3 rings (SSSR count). The average molecular weight is 297 g/mol. The fourth-order valence-corrected chi connectivity index (χ4v) is 6.49. The highest BCUT2D eigenvalue weighted by Gasteiger charge is 2.55. The number of fused-ring (bicyclic) bond motifs is 2. The minimum atomic E-state index is -3.38. The van der Waals surface area contributed by atoms with Crippen molar-refractivity contribution in [3.05, 3.63) is 29.8 Å². The van der Waals surface area contributed by atoms with Crippen LogP contribution in [0.1, 0.15) is 31.7 Å². The minimum Gasteiger partial charge on any atom is -0.207 e. The van der Waals surface area contributed by atoms with Crippen LogP contribution in [-0.4, -0.2) is 24.5 Å². The zero-order valence-electron chi connectivity index (χ0n) is 11.2. The first-order chi connectivity index (χ1) is 8.91. The third-order valence-electron chi connectivity index (χ3n) is 4.23. The van der Waals surface area contributed by atoms with Gasteiger partial charge in [0.15, 0.2) is 0 Å². The summed E-state index contributed by atoms with van der Waals surface area (Å²) in [7, 11) is -3.38. The van der Waals surface area contributed by atoms with Crippen LogP contribution in [0.15, 0.2) is 29.2 Å². The highest BCUT2D eigenvalue weighted by molar-refractivity contribution is 8.03. The Bertz CT molecular complexity index is 578. The van der Waals surface area contributed by atoms with Crippen LogP contribution >= 0.6 is 11.8 Å². The van der Waals surface area contributed by atoms with Crippen LogP contribution in [0.5, 0.6) is 0 Å². The lowest BCUT2D eigenvalue weighted by molar-refractivity contribution is 0.312. The smallest absolute Gasteiger partial charge is 0.207 e. The maximum Gasteiger partial charge on any atom is 0.240 e. The molecule has 0 spiro atoms. The van der Waals surface area contributed by atoms with Crippen molar-refractivity contribution in [1.82, 2.24) is 4.72 Å². The minimum absolute atomic E-state index is 0.0950. The molecule has 0 aromatic heterocycles. The molecule has 1 aromatic carbocycles. The molecule has 2 aliphatic rings. The van der Waals surface area contributed by atoms with Crippen molar-refractivity contribution < 1.29 is 8.42 Å². The molecule has 1 saturated heterocycles. The Morgan fingerprint density at radius 3 is 2.58 bits per heavy atom. The maximum absolute atomic E-state index is 12.4. The first-order valence-corrected chi connectivity index (χ1v) is 9.04. The summed E-state index contributed by atoms with van der Waals surface area (Å²) in [5.41, 5.74) is 1.07. The SMILES string of the molecule is Cc1ccc(S(=O)(=O)N[C@H]2[C@@H]3CCC[C@]2(C)S3)cc1. The van der Waals surface area contributed by atoms with Crippen molar-refractivity contribution in [3.63, 3.8) is 0 Å². The topological polar surface area (TPSA) is 46.2 Å². The molecule has 0 amide bonds. The molecule has 1 saturated carbocycles. The number of nitrogens with one attached hydrogen (secondary N) is 1. The number of benzene rings is 1. The van der Waals surface area contributed by atoms with E-state index < -0.39 is 10.0 Å². The predicted octanol–water partition coefficient (Wildman–Crippen LogP) is 2.70. The third kappa shape index (κ3) is 2.32. The van der Waals surface area contributed by atoms with Gasteiger partial charge in [-0.05, 0) is 38.8 Å². The lowest BCUT2D eigenvalue weighted by Gasteiger charge is -2.56. The van der Waals surface area contributed by atoms with E-state index in [-0.39, 0.29) is 10.8 Å². The summed E-state index contributed by atoms with van der Waals surface area (Å²) in [6, 6.07) is 7.14. The van der Waals surface area contributed by atoms with Crippen LogP contribution in [0.3, 0.4) is 0 Å². The van der Waals surface area contributed by atoms with Gasteiger partial charge >= 0.3 is 0 Å². The van der Waals surface area contributed by atoms with Gasteiger partial charge in [0, 0.05) is 16.0 Å². The Morgan fingerprint density at radius 1 is 1.32 bits per heavy atom. The van der Waals surface area contributed by atoms with Crippen molar-refractivity contribution in [2.45, 2.75) is 54.0 Å². The molecule has 1 heterocycles. The second-order valence-corrected chi connectivity index (χ2v) is 9.26. The van der Waals surface area contributed by atoms with Crippen molar-refractivity contribution in [2.24, 2.45) is 0 Å². The molecular weight excluding hydrogens is 278 g/mol. The predicted molar refractivity (Wildman–Crippen MR) is 78.9 cm³/mol. The van der Waals surface area contributed by atoms with E-state index in [1.807, 2.05) is 30.8 Å². The number of thioether (sulfide) groups is 1. The Labute approximate surface area is 119 Å². The molecule has 1 aromatic rings. The van der Waals surface area contributed by atoms with Crippen LogP contribution in [0.25, 0.3) is 0 Å². The van der Waals surface area contributed by atoms with Gasteiger partial charge in [0.1, 0.15) is 0 Å². The van der Waals surface area contributed by atoms with Gasteiger partial charge in [-0.3, -0.25) is 0 Å². The van der Waals surface area contributed by atoms with Crippen molar-refractivity contribution in [3.8, 4) is 0 Å². The van der Waals surface area contributed by atoms with Crippen LogP contribution < -0.4 is 4.72 Å². The van der Waals surface area contributed by atoms with E-state index >= 15 is 0 Å². The summed E-state index contributed by atoms with van der Waals surface area (Å²) < 4.78 is 27.8. The average Bonchev–Trinajstić information content (AvgIpc) is 2.37. The van der Waals surface area contributed by atoms with Gasteiger partial charge in [-0.15, -0.1) is 11.8 Å². The molecule has 1 aliphatic heterocycles. The molecular formula is C14H19NO2S2. The Kier molecular flexibility index (Phi) is 3.19. The standard InChI is InChI=1S/C14H19NO2S2/c1-10-5-7-11(8-6-10)19(16,17)15-13-12-4-3-9-14(13,2)18-12/h5-8,12-13,15H,3-4,9H2,1-2H3/t12-,13-,14-/m0/s1. The van der Waals surface area contributed by atoms with Crippen LogP contribution in [0.4, 0.5) is 0 Å². The summed E-state index contributed by atoms with van der Waals surface area (Å²) >= 11 is 1.94. The normalized spacial score (nSPS) is 33.8. The second-order valence-electron chi connectivity index (χ2n) is 5.77. The van der Waals surface area contributed by atoms with Crippen LogP contribution in [0.2, 0.25) is 0 Å². The molecule has 0 unspecified atom stereocenters. The molecule has 3 nitrogen and oxygen atoms in total. The quantitative estimate of drug-likeness (QED) is 0.933. The molecule has 104 valence electrons. The molecule has 19 heavy (non-hydrogen) atoms. The van der Waals surface area contributed by atoms with Gasteiger partial charge in [-0.25, -0.2) is 13.1 Å². The van der Waals surface area contributed by atoms with Crippen LogP contribution in [-0.2, 0) is 10.0 Å². The summed E-state index contributed by atoms with van der Waals surface area (Å²) in [5.74, 6) is 0. The van der Waals surface area contributed by atoms with Gasteiger partial charge in [0.25, 0.3) is 0 Å². The molecule has 5 heteroatoms. The number of hydrogen-bond acceptors (Lipinski definition) is 3. The number of rotatable bonds is 3. The molecule has 3 atom stereocenters. The maximum atomic E-state index is 12.4. The van der Waals surface area contributed by atoms with E-state index in [9.17, 15) is 8.42 Å². The Balaban J connectivity index is 1.81. The number of hydrogen-bond donors (Lipinski definition) is 1. The van der Waals surface area contributed by atoms with E-state index in [0.29, 0.717) is 10.1 Å².